The van der Waals surface area contributed by atoms with Crippen LogP contribution in [-0.2, 0) is 10.0 Å². The van der Waals surface area contributed by atoms with E-state index < -0.39 is 10.0 Å². The Balaban J connectivity index is 1.37. The molecule has 2 N–H and O–H groups in total. The van der Waals surface area contributed by atoms with Crippen molar-refractivity contribution in [2.75, 3.05) is 0 Å². The minimum absolute atomic E-state index is 0.0384. The van der Waals surface area contributed by atoms with Crippen LogP contribution in [0.15, 0.2) is 18.5 Å². The lowest BCUT2D eigenvalue weighted by Crippen LogP contribution is -2.37. The Kier molecular flexibility index (Phi) is 2.60. The summed E-state index contributed by atoms with van der Waals surface area (Å²) in [4.78, 5) is 7.48. The van der Waals surface area contributed by atoms with Gasteiger partial charge in [-0.2, -0.15) is 0 Å². The van der Waals surface area contributed by atoms with E-state index in [1.807, 2.05) is 12.3 Å². The Morgan fingerprint density at radius 2 is 2.08 bits per heavy atom. The summed E-state index contributed by atoms with van der Waals surface area (Å²) in [5, 5.41) is 8.56. The van der Waals surface area contributed by atoms with Gasteiger partial charge in [-0.3, -0.25) is 4.40 Å². The van der Waals surface area contributed by atoms with Crippen molar-refractivity contribution in [2.45, 2.75) is 42.9 Å². The molecule has 3 heterocycles. The molecule has 0 saturated heterocycles. The number of H-pyrrole nitrogens is 1. The van der Waals surface area contributed by atoms with E-state index in [0.717, 1.165) is 48.3 Å². The molecule has 0 aliphatic heterocycles. The average molecular weight is 358 g/mol. The lowest BCUT2D eigenvalue weighted by molar-refractivity contribution is 0.501. The SMILES string of the molecule is O=S(=O)(N[C@@H]1C[C@H](c2nnc3cnc4[nH]ccc4n23)[C@H]2C[C@H]21)C1CC1. The van der Waals surface area contributed by atoms with Crippen LogP contribution in [0.25, 0.3) is 16.8 Å². The van der Waals surface area contributed by atoms with Gasteiger partial charge in [-0.15, -0.1) is 10.2 Å². The molecule has 0 unspecified atom stereocenters. The van der Waals surface area contributed by atoms with Crippen molar-refractivity contribution in [3.05, 3.63) is 24.3 Å². The molecule has 25 heavy (non-hydrogen) atoms. The highest BCUT2D eigenvalue weighted by molar-refractivity contribution is 7.90. The van der Waals surface area contributed by atoms with Crippen LogP contribution < -0.4 is 4.72 Å². The van der Waals surface area contributed by atoms with Crippen molar-refractivity contribution in [1.29, 1.82) is 0 Å². The lowest BCUT2D eigenvalue weighted by atomic mass is 10.0. The van der Waals surface area contributed by atoms with Gasteiger partial charge in [0.1, 0.15) is 5.82 Å². The van der Waals surface area contributed by atoms with E-state index in [2.05, 4.69) is 29.3 Å². The topological polar surface area (TPSA) is 105 Å². The monoisotopic (exact) mass is 358 g/mol. The molecular weight excluding hydrogens is 340 g/mol. The predicted octanol–water partition coefficient (Wildman–Crippen LogP) is 1.18. The van der Waals surface area contributed by atoms with Crippen LogP contribution in [0.3, 0.4) is 0 Å². The van der Waals surface area contributed by atoms with E-state index in [4.69, 9.17) is 0 Å². The number of fused-ring (bicyclic) bond motifs is 4. The summed E-state index contributed by atoms with van der Waals surface area (Å²) in [5.74, 6) is 2.12. The fourth-order valence-corrected chi connectivity index (χ4v) is 6.18. The van der Waals surface area contributed by atoms with Crippen LogP contribution in [0, 0.1) is 11.8 Å². The maximum absolute atomic E-state index is 12.3. The van der Waals surface area contributed by atoms with E-state index in [0.29, 0.717) is 11.8 Å². The van der Waals surface area contributed by atoms with E-state index in [1.54, 1.807) is 6.20 Å². The van der Waals surface area contributed by atoms with Gasteiger partial charge < -0.3 is 4.98 Å². The van der Waals surface area contributed by atoms with Gasteiger partial charge in [0.05, 0.1) is 17.0 Å². The number of aromatic nitrogens is 5. The Morgan fingerprint density at radius 3 is 2.92 bits per heavy atom. The molecule has 0 spiro atoms. The zero-order chi connectivity index (χ0) is 16.8. The Bertz CT molecular complexity index is 1100. The zero-order valence-corrected chi connectivity index (χ0v) is 14.3. The minimum Gasteiger partial charge on any atom is -0.345 e. The smallest absolute Gasteiger partial charge is 0.214 e. The first-order valence-corrected chi connectivity index (χ1v) is 10.3. The first kappa shape index (κ1) is 14.2. The van der Waals surface area contributed by atoms with Crippen molar-refractivity contribution in [1.82, 2.24) is 29.3 Å². The molecule has 0 amide bonds. The summed E-state index contributed by atoms with van der Waals surface area (Å²) in [6, 6.07) is 2.02. The van der Waals surface area contributed by atoms with Gasteiger partial charge in [0.25, 0.3) is 0 Å². The lowest BCUT2D eigenvalue weighted by Gasteiger charge is -2.17. The molecule has 3 fully saturated rings. The predicted molar refractivity (Wildman–Crippen MR) is 90.5 cm³/mol. The Hall–Kier alpha value is -2.00. The number of sulfonamides is 1. The van der Waals surface area contributed by atoms with Gasteiger partial charge in [-0.25, -0.2) is 18.1 Å². The van der Waals surface area contributed by atoms with Gasteiger partial charge in [0.15, 0.2) is 11.3 Å². The minimum atomic E-state index is -3.15. The molecule has 3 aliphatic carbocycles. The number of rotatable bonds is 4. The zero-order valence-electron chi connectivity index (χ0n) is 13.5. The summed E-state index contributed by atoms with van der Waals surface area (Å²) in [7, 11) is -3.15. The number of nitrogens with one attached hydrogen (secondary N) is 2. The third kappa shape index (κ3) is 2.02. The summed E-state index contributed by atoms with van der Waals surface area (Å²) >= 11 is 0. The summed E-state index contributed by atoms with van der Waals surface area (Å²) in [5.41, 5.74) is 2.52. The highest BCUT2D eigenvalue weighted by Gasteiger charge is 2.57. The maximum Gasteiger partial charge on any atom is 0.214 e. The number of nitrogens with zero attached hydrogens (tertiary/aromatic N) is 4. The van der Waals surface area contributed by atoms with E-state index in [1.165, 1.54) is 0 Å². The molecule has 3 aromatic heterocycles. The molecule has 3 aliphatic rings. The molecule has 3 saturated carbocycles. The van der Waals surface area contributed by atoms with E-state index in [9.17, 15) is 8.42 Å². The second-order valence-electron chi connectivity index (χ2n) is 7.60. The van der Waals surface area contributed by atoms with Crippen molar-refractivity contribution in [2.24, 2.45) is 11.8 Å². The van der Waals surface area contributed by atoms with Gasteiger partial charge in [-0.1, -0.05) is 0 Å². The second kappa shape index (κ2) is 4.59. The molecule has 130 valence electrons. The van der Waals surface area contributed by atoms with Crippen LogP contribution in [0.4, 0.5) is 0 Å². The van der Waals surface area contributed by atoms with Crippen molar-refractivity contribution < 1.29 is 8.42 Å². The van der Waals surface area contributed by atoms with Gasteiger partial charge in [0, 0.05) is 18.2 Å². The molecule has 6 rings (SSSR count). The fraction of sp³-hybridized carbons (Fsp3) is 0.562. The van der Waals surface area contributed by atoms with Crippen LogP contribution in [0.2, 0.25) is 0 Å². The first-order chi connectivity index (χ1) is 12.1. The molecule has 3 aromatic rings. The number of hydrogen-bond donors (Lipinski definition) is 2. The van der Waals surface area contributed by atoms with Crippen molar-refractivity contribution in [3.63, 3.8) is 0 Å². The fourth-order valence-electron chi connectivity index (χ4n) is 4.54. The molecule has 0 aromatic carbocycles. The summed E-state index contributed by atoms with van der Waals surface area (Å²) in [6.07, 6.45) is 7.05. The molecule has 4 atom stereocenters. The van der Waals surface area contributed by atoms with Crippen LogP contribution in [0.1, 0.15) is 37.4 Å². The first-order valence-electron chi connectivity index (χ1n) is 8.80. The van der Waals surface area contributed by atoms with Gasteiger partial charge in [0.2, 0.25) is 10.0 Å². The second-order valence-corrected chi connectivity index (χ2v) is 9.59. The van der Waals surface area contributed by atoms with Crippen LogP contribution in [-0.4, -0.2) is 44.3 Å². The number of hydrogen-bond acceptors (Lipinski definition) is 5. The maximum atomic E-state index is 12.3. The third-order valence-corrected chi connectivity index (χ3v) is 7.99. The van der Waals surface area contributed by atoms with E-state index >= 15 is 0 Å². The molecule has 9 heteroatoms. The molecular formula is C16H18N6O2S. The Labute approximate surface area is 144 Å². The van der Waals surface area contributed by atoms with Crippen molar-refractivity contribution >= 4 is 26.8 Å². The van der Waals surface area contributed by atoms with Crippen molar-refractivity contribution in [3.8, 4) is 0 Å². The highest BCUT2D eigenvalue weighted by Crippen LogP contribution is 2.59. The third-order valence-electron chi connectivity index (χ3n) is 6.01. The molecule has 8 nitrogen and oxygen atoms in total. The highest BCUT2D eigenvalue weighted by atomic mass is 32.2. The summed E-state index contributed by atoms with van der Waals surface area (Å²) < 4.78 is 29.6. The van der Waals surface area contributed by atoms with Crippen LogP contribution >= 0.6 is 0 Å². The molecule has 0 bridgehead atoms. The van der Waals surface area contributed by atoms with Gasteiger partial charge in [-0.05, 0) is 43.6 Å². The quantitative estimate of drug-likeness (QED) is 0.729. The summed E-state index contributed by atoms with van der Waals surface area (Å²) in [6.45, 7) is 0. The van der Waals surface area contributed by atoms with Crippen LogP contribution in [0.5, 0.6) is 0 Å². The standard InChI is InChI=1S/C16H18N6O2S/c23-25(24,8-1-2-8)21-12-6-11(9-5-10(9)12)16-20-19-14-7-18-15-13(22(14)16)3-4-17-15/h3-4,7-12,17,21H,1-2,5-6H2/t9-,10+,11-,12+/m0/s1. The largest absolute Gasteiger partial charge is 0.345 e. The van der Waals surface area contributed by atoms with Gasteiger partial charge >= 0.3 is 0 Å². The Morgan fingerprint density at radius 1 is 1.20 bits per heavy atom. The average Bonchev–Trinajstić information content (AvgIpc) is 3.46. The normalized spacial score (nSPS) is 31.7. The van der Waals surface area contributed by atoms with E-state index in [-0.39, 0.29) is 17.2 Å². The molecule has 0 radical (unpaired) electrons. The number of aromatic amines is 1.